The highest BCUT2D eigenvalue weighted by atomic mass is 32.1. The standard InChI is InChI=1S/C12H17NO3S/c1-11(2)9-10(12(3,4)16-11)17-7(13-9)6-8(14)15-5/h6H2,1-5H3. The lowest BCUT2D eigenvalue weighted by Gasteiger charge is -2.24. The summed E-state index contributed by atoms with van der Waals surface area (Å²) in [5, 5.41) is 0.798. The first-order valence-corrected chi connectivity index (χ1v) is 6.35. The van der Waals surface area contributed by atoms with E-state index in [1.165, 1.54) is 18.4 Å². The van der Waals surface area contributed by atoms with Gasteiger partial charge in [-0.15, -0.1) is 11.3 Å². The summed E-state index contributed by atoms with van der Waals surface area (Å²) < 4.78 is 10.6. The van der Waals surface area contributed by atoms with Crippen molar-refractivity contribution >= 4 is 17.3 Å². The van der Waals surface area contributed by atoms with Gasteiger partial charge in [-0.05, 0) is 27.7 Å². The maximum absolute atomic E-state index is 11.2. The molecule has 0 atom stereocenters. The van der Waals surface area contributed by atoms with E-state index in [1.807, 2.05) is 27.7 Å². The van der Waals surface area contributed by atoms with E-state index in [1.54, 1.807) is 0 Å². The van der Waals surface area contributed by atoms with Gasteiger partial charge in [0.25, 0.3) is 0 Å². The molecule has 0 aromatic carbocycles. The smallest absolute Gasteiger partial charge is 0.312 e. The molecule has 1 aliphatic heterocycles. The molecule has 0 unspecified atom stereocenters. The first kappa shape index (κ1) is 12.5. The molecule has 2 heterocycles. The molecule has 1 aliphatic rings. The molecule has 17 heavy (non-hydrogen) atoms. The van der Waals surface area contributed by atoms with Gasteiger partial charge >= 0.3 is 5.97 Å². The van der Waals surface area contributed by atoms with Crippen LogP contribution in [0.3, 0.4) is 0 Å². The number of carbonyl (C=O) groups is 1. The number of nitrogens with zero attached hydrogens (tertiary/aromatic N) is 1. The van der Waals surface area contributed by atoms with Crippen LogP contribution in [-0.2, 0) is 31.9 Å². The Morgan fingerprint density at radius 1 is 1.35 bits per heavy atom. The molecule has 0 spiro atoms. The molecule has 1 aromatic rings. The molecule has 0 N–H and O–H groups in total. The van der Waals surface area contributed by atoms with E-state index in [9.17, 15) is 4.79 Å². The highest BCUT2D eigenvalue weighted by Crippen LogP contribution is 2.48. The Hall–Kier alpha value is -0.940. The molecule has 0 saturated carbocycles. The number of methoxy groups -OCH3 is 1. The number of hydrogen-bond acceptors (Lipinski definition) is 5. The third kappa shape index (κ3) is 2.09. The van der Waals surface area contributed by atoms with Crippen molar-refractivity contribution in [3.63, 3.8) is 0 Å². The van der Waals surface area contributed by atoms with Gasteiger partial charge in [0, 0.05) is 0 Å². The lowest BCUT2D eigenvalue weighted by molar-refractivity contribution is -0.139. The Bertz CT molecular complexity index is 431. The van der Waals surface area contributed by atoms with Crippen LogP contribution in [-0.4, -0.2) is 18.1 Å². The second-order valence-electron chi connectivity index (χ2n) is 5.16. The molecule has 0 saturated heterocycles. The molecular weight excluding hydrogens is 238 g/mol. The van der Waals surface area contributed by atoms with Crippen molar-refractivity contribution in [2.45, 2.75) is 45.3 Å². The van der Waals surface area contributed by atoms with Gasteiger partial charge in [-0.3, -0.25) is 4.79 Å². The first-order valence-electron chi connectivity index (χ1n) is 5.54. The summed E-state index contributed by atoms with van der Waals surface area (Å²) in [6, 6.07) is 0. The van der Waals surface area contributed by atoms with Crippen molar-refractivity contribution in [3.05, 3.63) is 15.6 Å². The zero-order valence-corrected chi connectivity index (χ0v) is 11.6. The number of fused-ring (bicyclic) bond motifs is 1. The van der Waals surface area contributed by atoms with E-state index >= 15 is 0 Å². The average molecular weight is 255 g/mol. The topological polar surface area (TPSA) is 48.4 Å². The first-order chi connectivity index (χ1) is 7.76. The second kappa shape index (κ2) is 3.78. The van der Waals surface area contributed by atoms with E-state index in [0.29, 0.717) is 0 Å². The van der Waals surface area contributed by atoms with Crippen LogP contribution in [0.15, 0.2) is 0 Å². The maximum Gasteiger partial charge on any atom is 0.312 e. The predicted octanol–water partition coefficient (Wildman–Crippen LogP) is 2.36. The van der Waals surface area contributed by atoms with Crippen LogP contribution in [0.1, 0.15) is 43.3 Å². The van der Waals surface area contributed by atoms with Crippen molar-refractivity contribution in [2.75, 3.05) is 7.11 Å². The molecule has 0 bridgehead atoms. The Labute approximate surface area is 105 Å². The normalized spacial score (nSPS) is 20.1. The summed E-state index contributed by atoms with van der Waals surface area (Å²) in [6.45, 7) is 8.06. The fourth-order valence-electron chi connectivity index (χ4n) is 2.18. The van der Waals surface area contributed by atoms with Crippen LogP contribution >= 0.6 is 11.3 Å². The van der Waals surface area contributed by atoms with Crippen molar-refractivity contribution in [3.8, 4) is 0 Å². The Morgan fingerprint density at radius 2 is 2.00 bits per heavy atom. The molecular formula is C12H17NO3S. The van der Waals surface area contributed by atoms with Crippen LogP contribution in [0.25, 0.3) is 0 Å². The van der Waals surface area contributed by atoms with E-state index in [0.717, 1.165) is 15.6 Å². The Balaban J connectivity index is 2.36. The Kier molecular flexibility index (Phi) is 2.78. The van der Waals surface area contributed by atoms with Crippen molar-refractivity contribution in [1.29, 1.82) is 0 Å². The zero-order valence-electron chi connectivity index (χ0n) is 10.8. The quantitative estimate of drug-likeness (QED) is 0.761. The van der Waals surface area contributed by atoms with E-state index in [4.69, 9.17) is 4.74 Å². The number of rotatable bonds is 2. The van der Waals surface area contributed by atoms with Gasteiger partial charge in [0.05, 0.1) is 29.7 Å². The van der Waals surface area contributed by atoms with Crippen LogP contribution in [0.2, 0.25) is 0 Å². The minimum Gasteiger partial charge on any atom is -0.469 e. The number of aromatic nitrogens is 1. The van der Waals surface area contributed by atoms with Gasteiger partial charge in [-0.1, -0.05) is 0 Å². The summed E-state index contributed by atoms with van der Waals surface area (Å²) in [6.07, 6.45) is 0.236. The maximum atomic E-state index is 11.2. The molecule has 94 valence electrons. The van der Waals surface area contributed by atoms with Crippen LogP contribution in [0.4, 0.5) is 0 Å². The zero-order chi connectivity index (χ0) is 12.8. The van der Waals surface area contributed by atoms with Gasteiger partial charge in [0.1, 0.15) is 10.6 Å². The predicted molar refractivity (Wildman–Crippen MR) is 65.0 cm³/mol. The third-order valence-corrected chi connectivity index (χ3v) is 4.18. The third-order valence-electron chi connectivity index (χ3n) is 2.82. The highest BCUT2D eigenvalue weighted by Gasteiger charge is 2.46. The lowest BCUT2D eigenvalue weighted by atomic mass is 10.0. The van der Waals surface area contributed by atoms with Gasteiger partial charge in [-0.2, -0.15) is 0 Å². The fraction of sp³-hybridized carbons (Fsp3) is 0.667. The van der Waals surface area contributed by atoms with Crippen LogP contribution < -0.4 is 0 Å². The largest absolute Gasteiger partial charge is 0.469 e. The van der Waals surface area contributed by atoms with Gasteiger partial charge in [-0.25, -0.2) is 4.98 Å². The SMILES string of the molecule is COC(=O)Cc1nc2c(s1)C(C)(C)OC2(C)C. The average Bonchev–Trinajstić information content (AvgIpc) is 2.67. The van der Waals surface area contributed by atoms with Crippen molar-refractivity contribution in [1.82, 2.24) is 4.98 Å². The van der Waals surface area contributed by atoms with Gasteiger partial charge in [0.2, 0.25) is 0 Å². The minimum atomic E-state index is -0.385. The van der Waals surface area contributed by atoms with Crippen molar-refractivity contribution in [2.24, 2.45) is 0 Å². The van der Waals surface area contributed by atoms with Gasteiger partial charge < -0.3 is 9.47 Å². The van der Waals surface area contributed by atoms with E-state index in [-0.39, 0.29) is 23.6 Å². The summed E-state index contributed by atoms with van der Waals surface area (Å²) in [5.74, 6) is -0.256. The number of esters is 1. The highest BCUT2D eigenvalue weighted by molar-refractivity contribution is 7.12. The molecule has 0 amide bonds. The summed E-state index contributed by atoms with van der Waals surface area (Å²) >= 11 is 1.54. The number of ether oxygens (including phenoxy) is 2. The number of carbonyl (C=O) groups excluding carboxylic acids is 1. The molecule has 0 aliphatic carbocycles. The minimum absolute atomic E-state index is 0.236. The monoisotopic (exact) mass is 255 g/mol. The Morgan fingerprint density at radius 3 is 2.53 bits per heavy atom. The number of thiazole rings is 1. The molecule has 2 rings (SSSR count). The molecule has 4 nitrogen and oxygen atoms in total. The molecule has 0 radical (unpaired) electrons. The molecule has 5 heteroatoms. The van der Waals surface area contributed by atoms with E-state index in [2.05, 4.69) is 9.72 Å². The summed E-state index contributed by atoms with van der Waals surface area (Å²) in [4.78, 5) is 16.9. The summed E-state index contributed by atoms with van der Waals surface area (Å²) in [5.41, 5.74) is 0.237. The number of hydrogen-bond donors (Lipinski definition) is 0. The van der Waals surface area contributed by atoms with Crippen molar-refractivity contribution < 1.29 is 14.3 Å². The second-order valence-corrected chi connectivity index (χ2v) is 6.24. The fourth-order valence-corrected chi connectivity index (χ4v) is 3.42. The summed E-state index contributed by atoms with van der Waals surface area (Å²) in [7, 11) is 1.39. The van der Waals surface area contributed by atoms with E-state index < -0.39 is 0 Å². The van der Waals surface area contributed by atoms with Crippen LogP contribution in [0, 0.1) is 0 Å². The lowest BCUT2D eigenvalue weighted by Crippen LogP contribution is -2.23. The van der Waals surface area contributed by atoms with Gasteiger partial charge in [0.15, 0.2) is 0 Å². The van der Waals surface area contributed by atoms with Crippen LogP contribution in [0.5, 0.6) is 0 Å². The molecule has 1 aromatic heterocycles. The molecule has 0 fully saturated rings.